The van der Waals surface area contributed by atoms with Gasteiger partial charge in [-0.15, -0.1) is 0 Å². The molecule has 2 N–H and O–H groups in total. The largest absolute Gasteiger partial charge is 0.388 e. The van der Waals surface area contributed by atoms with Gasteiger partial charge in [0.05, 0.1) is 17.2 Å². The van der Waals surface area contributed by atoms with Gasteiger partial charge in [-0.3, -0.25) is 4.79 Å². The highest BCUT2D eigenvalue weighted by Gasteiger charge is 2.34. The van der Waals surface area contributed by atoms with Crippen LogP contribution >= 0.6 is 0 Å². The Morgan fingerprint density at radius 1 is 1.53 bits per heavy atom. The van der Waals surface area contributed by atoms with E-state index in [4.69, 9.17) is 5.26 Å². The molecule has 0 spiro atoms. The maximum absolute atomic E-state index is 11.6. The lowest BCUT2D eigenvalue weighted by Gasteiger charge is -2.36. The smallest absolute Gasteiger partial charge is 0.244 e. The number of benzene rings is 1. The summed E-state index contributed by atoms with van der Waals surface area (Å²) in [6.07, 6.45) is 5.59. The second-order valence-electron chi connectivity index (χ2n) is 4.87. The van der Waals surface area contributed by atoms with E-state index in [0.29, 0.717) is 12.1 Å². The monoisotopic (exact) mass is 256 g/mol. The second kappa shape index (κ2) is 5.68. The average Bonchev–Trinajstić information content (AvgIpc) is 2.41. The molecule has 2 rings (SSSR count). The van der Waals surface area contributed by atoms with E-state index >= 15 is 0 Å². The lowest BCUT2D eigenvalue weighted by Crippen LogP contribution is -2.47. The predicted molar refractivity (Wildman–Crippen MR) is 72.0 cm³/mol. The SMILES string of the molecule is N#Cc1cccc(C=CC(=O)NCC2(O)CCC2)c1. The first-order valence-corrected chi connectivity index (χ1v) is 6.30. The summed E-state index contributed by atoms with van der Waals surface area (Å²) in [4.78, 5) is 11.6. The van der Waals surface area contributed by atoms with Crippen LogP contribution in [0.3, 0.4) is 0 Å². The molecule has 19 heavy (non-hydrogen) atoms. The van der Waals surface area contributed by atoms with E-state index in [1.54, 1.807) is 24.3 Å². The summed E-state index contributed by atoms with van der Waals surface area (Å²) in [5.41, 5.74) is 0.660. The zero-order valence-electron chi connectivity index (χ0n) is 10.6. The Balaban J connectivity index is 1.87. The van der Waals surface area contributed by atoms with Gasteiger partial charge in [0.1, 0.15) is 0 Å². The Morgan fingerprint density at radius 3 is 2.95 bits per heavy atom. The van der Waals surface area contributed by atoms with Crippen LogP contribution in [-0.2, 0) is 4.79 Å². The van der Waals surface area contributed by atoms with Crippen LogP contribution < -0.4 is 5.32 Å². The number of nitrogens with one attached hydrogen (secondary N) is 1. The molecule has 1 saturated carbocycles. The fourth-order valence-electron chi connectivity index (χ4n) is 1.96. The maximum Gasteiger partial charge on any atom is 0.244 e. The lowest BCUT2D eigenvalue weighted by atomic mass is 9.80. The Labute approximate surface area is 112 Å². The first kappa shape index (κ1) is 13.3. The van der Waals surface area contributed by atoms with Crippen LogP contribution in [0.15, 0.2) is 30.3 Å². The normalized spacial score (nSPS) is 16.6. The summed E-state index contributed by atoms with van der Waals surface area (Å²) in [6, 6.07) is 9.07. The molecule has 0 unspecified atom stereocenters. The molecule has 0 aliphatic heterocycles. The van der Waals surface area contributed by atoms with Crippen LogP contribution in [0.4, 0.5) is 0 Å². The molecule has 0 aromatic heterocycles. The Bertz CT molecular complexity index is 539. The van der Waals surface area contributed by atoms with Gasteiger partial charge in [-0.25, -0.2) is 0 Å². The number of amides is 1. The lowest BCUT2D eigenvalue weighted by molar-refractivity contribution is -0.118. The third-order valence-electron chi connectivity index (χ3n) is 3.32. The van der Waals surface area contributed by atoms with E-state index < -0.39 is 5.60 Å². The van der Waals surface area contributed by atoms with Crippen LogP contribution in [0.5, 0.6) is 0 Å². The summed E-state index contributed by atoms with van der Waals surface area (Å²) in [6.45, 7) is 0.300. The van der Waals surface area contributed by atoms with Crippen LogP contribution in [-0.4, -0.2) is 23.2 Å². The van der Waals surface area contributed by atoms with E-state index in [9.17, 15) is 9.90 Å². The van der Waals surface area contributed by atoms with E-state index in [2.05, 4.69) is 5.32 Å². The first-order valence-electron chi connectivity index (χ1n) is 6.30. The molecule has 1 fully saturated rings. The molecule has 0 atom stereocenters. The number of rotatable bonds is 4. The van der Waals surface area contributed by atoms with Gasteiger partial charge in [0.25, 0.3) is 0 Å². The van der Waals surface area contributed by atoms with Crippen molar-refractivity contribution in [3.63, 3.8) is 0 Å². The quantitative estimate of drug-likeness (QED) is 0.804. The predicted octanol–water partition coefficient (Wildman–Crippen LogP) is 1.60. The minimum Gasteiger partial charge on any atom is -0.388 e. The van der Waals surface area contributed by atoms with Gasteiger partial charge < -0.3 is 10.4 Å². The Hall–Kier alpha value is -2.12. The number of carbonyl (C=O) groups excluding carboxylic acids is 1. The van der Waals surface area contributed by atoms with Crippen molar-refractivity contribution in [3.8, 4) is 6.07 Å². The van der Waals surface area contributed by atoms with Gasteiger partial charge in [-0.05, 0) is 43.0 Å². The highest BCUT2D eigenvalue weighted by molar-refractivity contribution is 5.91. The highest BCUT2D eigenvalue weighted by atomic mass is 16.3. The molecule has 4 heteroatoms. The minimum atomic E-state index is -0.704. The van der Waals surface area contributed by atoms with Crippen molar-refractivity contribution in [3.05, 3.63) is 41.5 Å². The number of carbonyl (C=O) groups is 1. The maximum atomic E-state index is 11.6. The summed E-state index contributed by atoms with van der Waals surface area (Å²) < 4.78 is 0. The van der Waals surface area contributed by atoms with Crippen molar-refractivity contribution in [2.24, 2.45) is 0 Å². The standard InChI is InChI=1S/C15H16N2O2/c16-10-13-4-1-3-12(9-13)5-6-14(18)17-11-15(19)7-2-8-15/h1,3-6,9,19H,2,7-8,11H2,(H,17,18). The number of aliphatic hydroxyl groups is 1. The first-order chi connectivity index (χ1) is 9.11. The van der Waals surface area contributed by atoms with Crippen molar-refractivity contribution in [2.45, 2.75) is 24.9 Å². The molecule has 0 heterocycles. The highest BCUT2D eigenvalue weighted by Crippen LogP contribution is 2.30. The fraction of sp³-hybridized carbons (Fsp3) is 0.333. The van der Waals surface area contributed by atoms with Crippen molar-refractivity contribution >= 4 is 12.0 Å². The summed E-state index contributed by atoms with van der Waals surface area (Å²) in [5.74, 6) is -0.234. The molecule has 0 bridgehead atoms. The van der Waals surface area contributed by atoms with E-state index in [-0.39, 0.29) is 5.91 Å². The molecule has 1 aromatic carbocycles. The van der Waals surface area contributed by atoms with Crippen LogP contribution in [0.1, 0.15) is 30.4 Å². The van der Waals surface area contributed by atoms with Gasteiger partial charge >= 0.3 is 0 Å². The molecule has 1 amide bonds. The number of nitriles is 1. The molecular weight excluding hydrogens is 240 g/mol. The van der Waals surface area contributed by atoms with E-state index in [1.807, 2.05) is 12.1 Å². The minimum absolute atomic E-state index is 0.234. The molecule has 98 valence electrons. The Morgan fingerprint density at radius 2 is 2.32 bits per heavy atom. The second-order valence-corrected chi connectivity index (χ2v) is 4.87. The molecule has 1 aliphatic carbocycles. The average molecular weight is 256 g/mol. The summed E-state index contributed by atoms with van der Waals surface area (Å²) in [7, 11) is 0. The van der Waals surface area contributed by atoms with Crippen LogP contribution in [0, 0.1) is 11.3 Å². The third-order valence-corrected chi connectivity index (χ3v) is 3.32. The summed E-state index contributed by atoms with van der Waals surface area (Å²) in [5, 5.41) is 21.3. The third kappa shape index (κ3) is 3.67. The van der Waals surface area contributed by atoms with Crippen molar-refractivity contribution < 1.29 is 9.90 Å². The van der Waals surface area contributed by atoms with Crippen LogP contribution in [0.2, 0.25) is 0 Å². The van der Waals surface area contributed by atoms with Gasteiger partial charge in [0.15, 0.2) is 0 Å². The molecule has 0 radical (unpaired) electrons. The van der Waals surface area contributed by atoms with Gasteiger partial charge in [0, 0.05) is 12.6 Å². The van der Waals surface area contributed by atoms with Gasteiger partial charge in [-0.1, -0.05) is 12.1 Å². The van der Waals surface area contributed by atoms with Gasteiger partial charge in [0.2, 0.25) is 5.91 Å². The van der Waals surface area contributed by atoms with Crippen LogP contribution in [0.25, 0.3) is 6.08 Å². The molecular formula is C15H16N2O2. The fourth-order valence-corrected chi connectivity index (χ4v) is 1.96. The van der Waals surface area contributed by atoms with Crippen molar-refractivity contribution in [1.29, 1.82) is 5.26 Å². The zero-order chi connectivity index (χ0) is 13.7. The number of nitrogens with zero attached hydrogens (tertiary/aromatic N) is 1. The molecule has 4 nitrogen and oxygen atoms in total. The van der Waals surface area contributed by atoms with Crippen molar-refractivity contribution in [1.82, 2.24) is 5.32 Å². The van der Waals surface area contributed by atoms with E-state index in [0.717, 1.165) is 24.8 Å². The Kier molecular flexibility index (Phi) is 3.98. The van der Waals surface area contributed by atoms with Gasteiger partial charge in [-0.2, -0.15) is 5.26 Å². The summed E-state index contributed by atoms with van der Waals surface area (Å²) >= 11 is 0. The molecule has 1 aromatic rings. The molecule has 0 saturated heterocycles. The van der Waals surface area contributed by atoms with Crippen molar-refractivity contribution in [2.75, 3.05) is 6.54 Å². The topological polar surface area (TPSA) is 73.1 Å². The number of hydrogen-bond donors (Lipinski definition) is 2. The van der Waals surface area contributed by atoms with E-state index in [1.165, 1.54) is 6.08 Å². The molecule has 1 aliphatic rings. The zero-order valence-corrected chi connectivity index (χ0v) is 10.6. The number of hydrogen-bond acceptors (Lipinski definition) is 3.